The van der Waals surface area contributed by atoms with Crippen molar-refractivity contribution >= 4 is 15.7 Å². The van der Waals surface area contributed by atoms with Crippen molar-refractivity contribution in [1.29, 1.82) is 0 Å². The minimum Gasteiger partial charge on any atom is -0.398 e. The van der Waals surface area contributed by atoms with E-state index in [0.717, 1.165) is 12.0 Å². The number of rotatable bonds is 5. The van der Waals surface area contributed by atoms with Gasteiger partial charge in [-0.3, -0.25) is 0 Å². The van der Waals surface area contributed by atoms with Crippen LogP contribution in [-0.2, 0) is 10.0 Å². The fourth-order valence-electron chi connectivity index (χ4n) is 2.05. The Morgan fingerprint density at radius 1 is 1.39 bits per heavy atom. The van der Waals surface area contributed by atoms with Crippen LogP contribution >= 0.6 is 0 Å². The maximum Gasteiger partial charge on any atom is 0.240 e. The van der Waals surface area contributed by atoms with Gasteiger partial charge < -0.3 is 5.73 Å². The summed E-state index contributed by atoms with van der Waals surface area (Å²) in [7, 11) is -3.41. The van der Waals surface area contributed by atoms with Crippen LogP contribution in [0.2, 0.25) is 0 Å². The summed E-state index contributed by atoms with van der Waals surface area (Å²) in [6.07, 6.45) is 4.69. The SMILES string of the molecule is Cc1ccc(S(=O)(=O)NCCC2CCC2)cc1N. The number of aryl methyl sites for hydroxylation is 1. The van der Waals surface area contributed by atoms with Crippen molar-refractivity contribution < 1.29 is 8.42 Å². The molecule has 0 amide bonds. The minimum absolute atomic E-state index is 0.249. The molecule has 0 aromatic heterocycles. The number of hydrogen-bond acceptors (Lipinski definition) is 3. The normalized spacial score (nSPS) is 16.5. The van der Waals surface area contributed by atoms with Gasteiger partial charge in [-0.25, -0.2) is 13.1 Å². The Morgan fingerprint density at radius 2 is 2.11 bits per heavy atom. The zero-order chi connectivity index (χ0) is 13.2. The van der Waals surface area contributed by atoms with Gasteiger partial charge in [-0.15, -0.1) is 0 Å². The van der Waals surface area contributed by atoms with Gasteiger partial charge in [-0.1, -0.05) is 25.3 Å². The van der Waals surface area contributed by atoms with E-state index in [1.165, 1.54) is 25.3 Å². The predicted molar refractivity (Wildman–Crippen MR) is 72.7 cm³/mol. The summed E-state index contributed by atoms with van der Waals surface area (Å²) in [5, 5.41) is 0. The average Bonchev–Trinajstić information content (AvgIpc) is 2.25. The van der Waals surface area contributed by atoms with Gasteiger partial charge in [-0.05, 0) is 37.0 Å². The molecule has 100 valence electrons. The summed E-state index contributed by atoms with van der Waals surface area (Å²) in [6, 6.07) is 4.84. The third kappa shape index (κ3) is 3.03. The van der Waals surface area contributed by atoms with E-state index in [-0.39, 0.29) is 4.90 Å². The van der Waals surface area contributed by atoms with Gasteiger partial charge in [0.05, 0.1) is 4.90 Å². The summed E-state index contributed by atoms with van der Waals surface area (Å²) in [5.74, 6) is 0.704. The number of nitrogens with one attached hydrogen (secondary N) is 1. The first-order valence-electron chi connectivity index (χ1n) is 6.35. The highest BCUT2D eigenvalue weighted by atomic mass is 32.2. The number of hydrogen-bond donors (Lipinski definition) is 2. The highest BCUT2D eigenvalue weighted by Crippen LogP contribution is 2.28. The molecule has 0 atom stereocenters. The first kappa shape index (κ1) is 13.4. The maximum absolute atomic E-state index is 12.0. The molecule has 3 N–H and O–H groups in total. The summed E-state index contributed by atoms with van der Waals surface area (Å²) in [5.41, 5.74) is 7.14. The van der Waals surface area contributed by atoms with Crippen molar-refractivity contribution in [2.24, 2.45) is 5.92 Å². The fraction of sp³-hybridized carbons (Fsp3) is 0.538. The number of nitrogens with two attached hydrogens (primary N) is 1. The molecular weight excluding hydrogens is 248 g/mol. The molecule has 0 saturated heterocycles. The molecule has 0 radical (unpaired) electrons. The van der Waals surface area contributed by atoms with E-state index in [0.29, 0.717) is 18.2 Å². The third-order valence-electron chi connectivity index (χ3n) is 3.63. The van der Waals surface area contributed by atoms with E-state index in [1.54, 1.807) is 12.1 Å². The number of anilines is 1. The first-order valence-corrected chi connectivity index (χ1v) is 7.83. The Kier molecular flexibility index (Phi) is 3.92. The molecule has 1 saturated carbocycles. The second-order valence-corrected chi connectivity index (χ2v) is 6.77. The molecule has 0 spiro atoms. The molecule has 1 fully saturated rings. The van der Waals surface area contributed by atoms with Gasteiger partial charge in [0.25, 0.3) is 0 Å². The van der Waals surface area contributed by atoms with Crippen LogP contribution in [0.1, 0.15) is 31.2 Å². The standard InChI is InChI=1S/C13H20N2O2S/c1-10-5-6-12(9-13(10)14)18(16,17)15-8-7-11-3-2-4-11/h5-6,9,11,15H,2-4,7-8,14H2,1H3. The van der Waals surface area contributed by atoms with Crippen LogP contribution in [-0.4, -0.2) is 15.0 Å². The molecule has 0 bridgehead atoms. The number of benzene rings is 1. The number of sulfonamides is 1. The van der Waals surface area contributed by atoms with Crippen LogP contribution in [0, 0.1) is 12.8 Å². The Labute approximate surface area is 109 Å². The summed E-state index contributed by atoms with van der Waals surface area (Å²) in [4.78, 5) is 0.249. The molecular formula is C13H20N2O2S. The van der Waals surface area contributed by atoms with E-state index in [9.17, 15) is 8.42 Å². The molecule has 1 aliphatic rings. The summed E-state index contributed by atoms with van der Waals surface area (Å²) >= 11 is 0. The van der Waals surface area contributed by atoms with Crippen molar-refractivity contribution in [2.75, 3.05) is 12.3 Å². The van der Waals surface area contributed by atoms with Crippen LogP contribution in [0.25, 0.3) is 0 Å². The van der Waals surface area contributed by atoms with Gasteiger partial charge >= 0.3 is 0 Å². The smallest absolute Gasteiger partial charge is 0.240 e. The molecule has 0 heterocycles. The van der Waals surface area contributed by atoms with E-state index >= 15 is 0 Å². The highest BCUT2D eigenvalue weighted by Gasteiger charge is 2.19. The van der Waals surface area contributed by atoms with Gasteiger partial charge in [0.2, 0.25) is 10.0 Å². The van der Waals surface area contributed by atoms with E-state index < -0.39 is 10.0 Å². The lowest BCUT2D eigenvalue weighted by Gasteiger charge is -2.25. The molecule has 0 unspecified atom stereocenters. The van der Waals surface area contributed by atoms with Gasteiger partial charge in [-0.2, -0.15) is 0 Å². The van der Waals surface area contributed by atoms with Gasteiger partial charge in [0.15, 0.2) is 0 Å². The Balaban J connectivity index is 1.98. The van der Waals surface area contributed by atoms with Crippen molar-refractivity contribution in [1.82, 2.24) is 4.72 Å². The summed E-state index contributed by atoms with van der Waals surface area (Å²) < 4.78 is 26.7. The monoisotopic (exact) mass is 268 g/mol. The van der Waals surface area contributed by atoms with Crippen LogP contribution < -0.4 is 10.5 Å². The number of nitrogen functional groups attached to an aromatic ring is 1. The van der Waals surface area contributed by atoms with Crippen molar-refractivity contribution in [3.05, 3.63) is 23.8 Å². The molecule has 5 heteroatoms. The van der Waals surface area contributed by atoms with E-state index in [4.69, 9.17) is 5.73 Å². The molecule has 4 nitrogen and oxygen atoms in total. The zero-order valence-corrected chi connectivity index (χ0v) is 11.5. The van der Waals surface area contributed by atoms with Gasteiger partial charge in [0.1, 0.15) is 0 Å². The lowest BCUT2D eigenvalue weighted by molar-refractivity contribution is 0.297. The molecule has 18 heavy (non-hydrogen) atoms. The molecule has 0 aliphatic heterocycles. The van der Waals surface area contributed by atoms with Gasteiger partial charge in [0, 0.05) is 12.2 Å². The predicted octanol–water partition coefficient (Wildman–Crippen LogP) is 2.05. The van der Waals surface area contributed by atoms with Crippen LogP contribution in [0.4, 0.5) is 5.69 Å². The Hall–Kier alpha value is -1.07. The topological polar surface area (TPSA) is 72.2 Å². The Morgan fingerprint density at radius 3 is 2.67 bits per heavy atom. The second kappa shape index (κ2) is 5.28. The zero-order valence-electron chi connectivity index (χ0n) is 10.6. The fourth-order valence-corrected chi connectivity index (χ4v) is 3.13. The third-order valence-corrected chi connectivity index (χ3v) is 5.09. The van der Waals surface area contributed by atoms with Crippen molar-refractivity contribution in [3.63, 3.8) is 0 Å². The summed E-state index contributed by atoms with van der Waals surface area (Å²) in [6.45, 7) is 2.37. The van der Waals surface area contributed by atoms with Crippen LogP contribution in [0.5, 0.6) is 0 Å². The van der Waals surface area contributed by atoms with Crippen molar-refractivity contribution in [3.8, 4) is 0 Å². The van der Waals surface area contributed by atoms with E-state index in [2.05, 4.69) is 4.72 Å². The molecule has 1 aromatic rings. The van der Waals surface area contributed by atoms with Crippen LogP contribution in [0.15, 0.2) is 23.1 Å². The first-order chi connectivity index (χ1) is 8.49. The quantitative estimate of drug-likeness (QED) is 0.803. The lowest BCUT2D eigenvalue weighted by Crippen LogP contribution is -2.27. The van der Waals surface area contributed by atoms with Crippen molar-refractivity contribution in [2.45, 2.75) is 37.5 Å². The molecule has 1 aromatic carbocycles. The van der Waals surface area contributed by atoms with E-state index in [1.807, 2.05) is 6.92 Å². The largest absolute Gasteiger partial charge is 0.398 e. The average molecular weight is 268 g/mol. The Bertz CT molecular complexity index is 522. The second-order valence-electron chi connectivity index (χ2n) is 5.00. The maximum atomic E-state index is 12.0. The lowest BCUT2D eigenvalue weighted by atomic mass is 9.83. The van der Waals surface area contributed by atoms with Crippen LogP contribution in [0.3, 0.4) is 0 Å². The molecule has 1 aliphatic carbocycles. The minimum atomic E-state index is -3.41. The molecule has 2 rings (SSSR count). The highest BCUT2D eigenvalue weighted by molar-refractivity contribution is 7.89.